The van der Waals surface area contributed by atoms with Crippen LogP contribution in [0.15, 0.2) is 18.3 Å². The molecule has 0 spiro atoms. The summed E-state index contributed by atoms with van der Waals surface area (Å²) in [7, 11) is 0. The van der Waals surface area contributed by atoms with Crippen molar-refractivity contribution in [1.82, 2.24) is 4.98 Å². The molecule has 3 N–H and O–H groups in total. The smallest absolute Gasteiger partial charge is 0.128 e. The van der Waals surface area contributed by atoms with E-state index in [4.69, 9.17) is 5.73 Å². The van der Waals surface area contributed by atoms with Gasteiger partial charge >= 0.3 is 0 Å². The van der Waals surface area contributed by atoms with E-state index in [1.54, 1.807) is 0 Å². The Kier molecular flexibility index (Phi) is 3.56. The van der Waals surface area contributed by atoms with Crippen LogP contribution in [0, 0.1) is 23.2 Å². The summed E-state index contributed by atoms with van der Waals surface area (Å²) < 4.78 is 0. The first kappa shape index (κ1) is 15.3. The minimum atomic E-state index is 0.312. The third-order valence-corrected chi connectivity index (χ3v) is 7.02. The van der Waals surface area contributed by atoms with E-state index in [2.05, 4.69) is 48.1 Å². The third-order valence-electron chi connectivity index (χ3n) is 7.02. The van der Waals surface area contributed by atoms with Gasteiger partial charge in [-0.2, -0.15) is 0 Å². The number of rotatable bonds is 3. The Labute approximate surface area is 139 Å². The minimum Gasteiger partial charge on any atom is -0.370 e. The Balaban J connectivity index is 1.46. The number of nitrogens with one attached hydrogen (secondary N) is 1. The van der Waals surface area contributed by atoms with Gasteiger partial charge in [0.2, 0.25) is 0 Å². The van der Waals surface area contributed by atoms with Crippen molar-refractivity contribution in [2.24, 2.45) is 28.9 Å². The number of hydrogen-bond donors (Lipinski definition) is 2. The molecule has 2 heterocycles. The molecule has 126 valence electrons. The van der Waals surface area contributed by atoms with Gasteiger partial charge in [0.15, 0.2) is 0 Å². The van der Waals surface area contributed by atoms with Crippen molar-refractivity contribution in [2.75, 3.05) is 23.3 Å². The van der Waals surface area contributed by atoms with Crippen molar-refractivity contribution in [3.8, 4) is 0 Å². The summed E-state index contributed by atoms with van der Waals surface area (Å²) in [5.74, 6) is 3.49. The average molecular weight is 314 g/mol. The summed E-state index contributed by atoms with van der Waals surface area (Å²) in [6.07, 6.45) is 5.72. The van der Waals surface area contributed by atoms with Gasteiger partial charge in [0.05, 0.1) is 0 Å². The van der Waals surface area contributed by atoms with Gasteiger partial charge in [-0.25, -0.2) is 4.98 Å². The fourth-order valence-corrected chi connectivity index (χ4v) is 5.25. The summed E-state index contributed by atoms with van der Waals surface area (Å²) in [4.78, 5) is 6.94. The lowest BCUT2D eigenvalue weighted by Gasteiger charge is -2.62. The molecule has 1 saturated heterocycles. The van der Waals surface area contributed by atoms with Crippen LogP contribution in [0.25, 0.3) is 0 Å². The first-order valence-electron chi connectivity index (χ1n) is 9.18. The average Bonchev–Trinajstić information content (AvgIpc) is 2.95. The Morgan fingerprint density at radius 1 is 1.35 bits per heavy atom. The van der Waals surface area contributed by atoms with Gasteiger partial charge in [0, 0.05) is 43.1 Å². The zero-order chi connectivity index (χ0) is 16.2. The summed E-state index contributed by atoms with van der Waals surface area (Å²) in [5, 5.41) is 3.74. The largest absolute Gasteiger partial charge is 0.370 e. The highest BCUT2D eigenvalue weighted by molar-refractivity contribution is 5.55. The molecule has 23 heavy (non-hydrogen) atoms. The van der Waals surface area contributed by atoms with Gasteiger partial charge in [-0.3, -0.25) is 0 Å². The molecular weight excluding hydrogens is 284 g/mol. The first-order chi connectivity index (χ1) is 10.9. The highest BCUT2D eigenvalue weighted by Crippen LogP contribution is 2.61. The molecular formula is C19H30N4. The van der Waals surface area contributed by atoms with E-state index in [-0.39, 0.29) is 0 Å². The maximum absolute atomic E-state index is 6.04. The highest BCUT2D eigenvalue weighted by Gasteiger charge is 2.56. The number of aromatic nitrogens is 1. The lowest BCUT2D eigenvalue weighted by Crippen LogP contribution is -2.58. The summed E-state index contributed by atoms with van der Waals surface area (Å²) >= 11 is 0. The predicted molar refractivity (Wildman–Crippen MR) is 95.6 cm³/mol. The second-order valence-corrected chi connectivity index (χ2v) is 8.60. The van der Waals surface area contributed by atoms with Crippen LogP contribution < -0.4 is 16.0 Å². The molecule has 4 nitrogen and oxygen atoms in total. The van der Waals surface area contributed by atoms with Crippen molar-refractivity contribution < 1.29 is 0 Å². The molecule has 1 aliphatic heterocycles. The van der Waals surface area contributed by atoms with Crippen LogP contribution in [0.3, 0.4) is 0 Å². The van der Waals surface area contributed by atoms with Crippen LogP contribution in [-0.2, 0) is 0 Å². The second-order valence-electron chi connectivity index (χ2n) is 8.60. The Hall–Kier alpha value is -1.29. The van der Waals surface area contributed by atoms with Gasteiger partial charge < -0.3 is 16.0 Å². The van der Waals surface area contributed by atoms with Crippen molar-refractivity contribution in [1.29, 1.82) is 0 Å². The zero-order valence-electron chi connectivity index (χ0n) is 14.6. The Morgan fingerprint density at radius 3 is 2.83 bits per heavy atom. The van der Waals surface area contributed by atoms with Crippen molar-refractivity contribution >= 4 is 11.5 Å². The molecule has 1 aromatic heterocycles. The molecule has 4 fully saturated rings. The molecule has 4 aliphatic rings. The van der Waals surface area contributed by atoms with E-state index in [9.17, 15) is 0 Å². The molecule has 3 saturated carbocycles. The van der Waals surface area contributed by atoms with Gasteiger partial charge in [-0.05, 0) is 48.5 Å². The van der Waals surface area contributed by atoms with Crippen molar-refractivity contribution in [2.45, 2.75) is 52.1 Å². The van der Waals surface area contributed by atoms with E-state index in [1.165, 1.54) is 18.5 Å². The topological polar surface area (TPSA) is 54.2 Å². The molecule has 1 aromatic rings. The van der Waals surface area contributed by atoms with Gasteiger partial charge in [-0.1, -0.05) is 20.8 Å². The maximum Gasteiger partial charge on any atom is 0.128 e. The normalized spacial score (nSPS) is 38.3. The maximum atomic E-state index is 6.04. The molecule has 5 rings (SSSR count). The van der Waals surface area contributed by atoms with E-state index >= 15 is 0 Å². The van der Waals surface area contributed by atoms with Crippen LogP contribution >= 0.6 is 0 Å². The zero-order valence-corrected chi connectivity index (χ0v) is 14.6. The standard InChI is InChI=1S/C19H30N4/c1-12-16-8-13(19(16,2)3)9-17(12)22-18-10-15(4-6-21-18)23-7-5-14(20)11-23/h4,6,10,12-14,16-17H,5,7-9,11,20H2,1-3H3,(H,21,22)/t12?,13-,14+,16+,17?/m1/s1. The van der Waals surface area contributed by atoms with Crippen LogP contribution in [0.1, 0.15) is 40.0 Å². The summed E-state index contributed by atoms with van der Waals surface area (Å²) in [6.45, 7) is 9.34. The van der Waals surface area contributed by atoms with Crippen molar-refractivity contribution in [3.05, 3.63) is 18.3 Å². The summed E-state index contributed by atoms with van der Waals surface area (Å²) in [6, 6.07) is 5.19. The molecule has 0 radical (unpaired) electrons. The molecule has 3 aliphatic carbocycles. The monoisotopic (exact) mass is 314 g/mol. The lowest BCUT2D eigenvalue weighted by atomic mass is 9.45. The lowest BCUT2D eigenvalue weighted by molar-refractivity contribution is -0.105. The highest BCUT2D eigenvalue weighted by atomic mass is 15.2. The molecule has 2 unspecified atom stereocenters. The Morgan fingerprint density at radius 2 is 2.17 bits per heavy atom. The molecule has 2 bridgehead atoms. The minimum absolute atomic E-state index is 0.312. The van der Waals surface area contributed by atoms with Gasteiger partial charge in [-0.15, -0.1) is 0 Å². The van der Waals surface area contributed by atoms with Crippen molar-refractivity contribution in [3.63, 3.8) is 0 Å². The fourth-order valence-electron chi connectivity index (χ4n) is 5.25. The molecule has 4 heteroatoms. The number of nitrogens with two attached hydrogens (primary N) is 1. The predicted octanol–water partition coefficient (Wildman–Crippen LogP) is 3.10. The molecule has 0 amide bonds. The quantitative estimate of drug-likeness (QED) is 0.900. The van der Waals surface area contributed by atoms with Crippen LogP contribution in [0.2, 0.25) is 0 Å². The van der Waals surface area contributed by atoms with Gasteiger partial charge in [0.1, 0.15) is 5.82 Å². The van der Waals surface area contributed by atoms with Crippen LogP contribution in [0.4, 0.5) is 11.5 Å². The first-order valence-corrected chi connectivity index (χ1v) is 9.18. The number of hydrogen-bond acceptors (Lipinski definition) is 4. The number of fused-ring (bicyclic) bond motifs is 2. The van der Waals surface area contributed by atoms with E-state index in [1.807, 2.05) is 6.20 Å². The third kappa shape index (κ3) is 2.51. The SMILES string of the molecule is CC1C(Nc2cc(N3CC[C@H](N)C3)ccn2)C[C@H]2C[C@@H]1C2(C)C. The number of nitrogens with zero attached hydrogens (tertiary/aromatic N) is 2. The summed E-state index contributed by atoms with van der Waals surface area (Å²) in [5.41, 5.74) is 7.84. The molecule has 0 aromatic carbocycles. The van der Waals surface area contributed by atoms with E-state index in [0.717, 1.165) is 43.1 Å². The van der Waals surface area contributed by atoms with Gasteiger partial charge in [0.25, 0.3) is 0 Å². The fraction of sp³-hybridized carbons (Fsp3) is 0.737. The number of pyridine rings is 1. The van der Waals surface area contributed by atoms with E-state index in [0.29, 0.717) is 17.5 Å². The molecule has 5 atom stereocenters. The van der Waals surface area contributed by atoms with Crippen LogP contribution in [-0.4, -0.2) is 30.2 Å². The van der Waals surface area contributed by atoms with Crippen LogP contribution in [0.5, 0.6) is 0 Å². The second kappa shape index (κ2) is 5.37. The number of anilines is 2. The van der Waals surface area contributed by atoms with E-state index < -0.39 is 0 Å². The Bertz CT molecular complexity index is 584.